The van der Waals surface area contributed by atoms with E-state index in [1.54, 1.807) is 27.3 Å². The molecule has 0 unspecified atom stereocenters. The van der Waals surface area contributed by atoms with E-state index in [9.17, 15) is 24.3 Å². The van der Waals surface area contributed by atoms with E-state index in [4.69, 9.17) is 47.1 Å². The van der Waals surface area contributed by atoms with Crippen molar-refractivity contribution in [2.24, 2.45) is 22.4 Å². The molecule has 2 aliphatic rings. The molecular weight excluding hydrogens is 1190 g/mol. The number of hydrogen-bond acceptors (Lipinski definition) is 20. The van der Waals surface area contributed by atoms with Crippen molar-refractivity contribution >= 4 is 59.2 Å². The van der Waals surface area contributed by atoms with Crippen molar-refractivity contribution in [2.75, 3.05) is 152 Å². The van der Waals surface area contributed by atoms with Crippen LogP contribution in [0.3, 0.4) is 0 Å². The lowest BCUT2D eigenvalue weighted by Gasteiger charge is -2.36. The largest absolute Gasteiger partial charge is 0.396 e. The van der Waals surface area contributed by atoms with E-state index in [1.165, 1.54) is 0 Å². The molecule has 3 aromatic rings. The van der Waals surface area contributed by atoms with Crippen LogP contribution in [0, 0.1) is 18.3 Å². The zero-order valence-electron chi connectivity index (χ0n) is 55.7. The zero-order chi connectivity index (χ0) is 65.8. The summed E-state index contributed by atoms with van der Waals surface area (Å²) in [4.78, 5) is 80.1. The van der Waals surface area contributed by atoms with Crippen molar-refractivity contribution in [3.63, 3.8) is 0 Å². The number of carbonyl (C=O) groups is 4. The average Bonchev–Trinajstić information content (AvgIpc) is 1.06. The molecule has 0 aliphatic carbocycles. The minimum absolute atomic E-state index is 0.00651. The SMILES string of the molecule is C#CCOCCOCCOCCNc1nc(N2CCN(C(=O)CCCCCCCCCCNC(=O)[C@@H](CCCN=C(N)N)n3cc(C[C@@H](C)CC)nn3)CC2)nc(N2CCN(C(=O)CCCCCCCCCCNC(=O)[C@H](CCSC)n3cc(CCO)nn3)CC2)n1. The molecule has 3 atom stereocenters. The number of nitrogens with one attached hydrogen (secondary N) is 3. The number of unbranched alkanes of at least 4 members (excludes halogenated alkanes) is 14. The van der Waals surface area contributed by atoms with Gasteiger partial charge in [0.05, 0.1) is 44.4 Å². The number of aliphatic imine (C=N–C) groups is 1. The standard InChI is InChI=1S/C64H111N19O8S/c1-5-42-89-44-46-91-47-45-90-43-32-70-62-71-63(73-64(72-62)81-39-35-79(36-40-81)58(86)26-20-16-12-8-10-14-18-22-30-68-60(88)56(28-48-92-4)82-50-53(27-41-84)74-76-82)80-37-33-78(34-38-80)57(85)25-19-15-11-7-9-13-17-21-29-67-59(87)55(24-23-31-69-61(65)66)83-51-54(75-77-83)49-52(3)6-2/h1,50-52,55-56,84H,6-49H2,2-4H3,(H,67,87)(H,68,88)(H4,65,66,69)(H,70,71,72,73)/t52-,55+,56-/m0/s1. The molecule has 0 radical (unpaired) electrons. The summed E-state index contributed by atoms with van der Waals surface area (Å²) in [7, 11) is 0. The van der Waals surface area contributed by atoms with Gasteiger partial charge in [-0.2, -0.15) is 26.7 Å². The summed E-state index contributed by atoms with van der Waals surface area (Å²) >= 11 is 1.69. The quantitative estimate of drug-likeness (QED) is 0.0185. The van der Waals surface area contributed by atoms with E-state index in [1.807, 2.05) is 22.3 Å². The van der Waals surface area contributed by atoms with Crippen LogP contribution in [-0.4, -0.2) is 226 Å². The molecule has 27 nitrogen and oxygen atoms in total. The van der Waals surface area contributed by atoms with Gasteiger partial charge in [-0.15, -0.1) is 16.6 Å². The van der Waals surface area contributed by atoms with Crippen LogP contribution in [-0.2, 0) is 46.2 Å². The van der Waals surface area contributed by atoms with Gasteiger partial charge in [-0.25, -0.2) is 9.36 Å². The van der Waals surface area contributed by atoms with Crippen molar-refractivity contribution in [2.45, 2.75) is 180 Å². The molecule has 5 heterocycles. The molecule has 2 saturated heterocycles. The van der Waals surface area contributed by atoms with Gasteiger partial charge in [0.2, 0.25) is 41.5 Å². The normalized spacial score (nSPS) is 14.4. The number of terminal acetylenes is 1. The summed E-state index contributed by atoms with van der Waals surface area (Å²) in [6.07, 6.45) is 32.7. The molecule has 2 aliphatic heterocycles. The van der Waals surface area contributed by atoms with Gasteiger partial charge in [0, 0.05) is 117 Å². The molecule has 4 amide bonds. The lowest BCUT2D eigenvalue weighted by molar-refractivity contribution is -0.132. The van der Waals surface area contributed by atoms with E-state index in [0.717, 1.165) is 127 Å². The molecule has 5 rings (SSSR count). The predicted molar refractivity (Wildman–Crippen MR) is 361 cm³/mol. The predicted octanol–water partition coefficient (Wildman–Crippen LogP) is 5.11. The van der Waals surface area contributed by atoms with Gasteiger partial charge >= 0.3 is 0 Å². The number of thioether (sulfide) groups is 1. The Morgan fingerprint density at radius 1 is 0.641 bits per heavy atom. The van der Waals surface area contributed by atoms with Crippen LogP contribution in [0.1, 0.15) is 179 Å². The van der Waals surface area contributed by atoms with Crippen LogP contribution in [0.5, 0.6) is 0 Å². The molecule has 0 bridgehead atoms. The number of carbonyl (C=O) groups excluding carboxylic acids is 4. The van der Waals surface area contributed by atoms with Gasteiger partial charge in [0.25, 0.3) is 0 Å². The number of nitrogens with two attached hydrogens (primary N) is 2. The first-order valence-electron chi connectivity index (χ1n) is 34.2. The summed E-state index contributed by atoms with van der Waals surface area (Å²) in [6, 6.07) is -0.884. The fraction of sp³-hybridized carbons (Fsp3) is 0.781. The smallest absolute Gasteiger partial charge is 0.244 e. The lowest BCUT2D eigenvalue weighted by Crippen LogP contribution is -2.50. The van der Waals surface area contributed by atoms with E-state index in [2.05, 4.69) is 71.1 Å². The molecule has 516 valence electrons. The third kappa shape index (κ3) is 30.6. The molecule has 28 heteroatoms. The Kier molecular flexibility index (Phi) is 38.7. The van der Waals surface area contributed by atoms with E-state index in [-0.39, 0.29) is 42.8 Å². The number of aromatic nitrogens is 9. The summed E-state index contributed by atoms with van der Waals surface area (Å²) in [5.41, 5.74) is 12.6. The highest BCUT2D eigenvalue weighted by Gasteiger charge is 2.28. The number of guanidine groups is 1. The maximum absolute atomic E-state index is 13.4. The first-order valence-corrected chi connectivity index (χ1v) is 35.6. The van der Waals surface area contributed by atoms with Crippen LogP contribution in [0.2, 0.25) is 0 Å². The highest BCUT2D eigenvalue weighted by Crippen LogP contribution is 2.23. The molecule has 92 heavy (non-hydrogen) atoms. The van der Waals surface area contributed by atoms with Crippen molar-refractivity contribution in [1.82, 2.24) is 65.4 Å². The van der Waals surface area contributed by atoms with Crippen molar-refractivity contribution < 1.29 is 38.5 Å². The highest BCUT2D eigenvalue weighted by molar-refractivity contribution is 7.98. The Morgan fingerprint density at radius 3 is 1.62 bits per heavy atom. The second-order valence-corrected chi connectivity index (χ2v) is 25.0. The molecular formula is C64H111N19O8S. The Hall–Kier alpha value is -6.41. The highest BCUT2D eigenvalue weighted by atomic mass is 32.2. The first-order chi connectivity index (χ1) is 44.9. The lowest BCUT2D eigenvalue weighted by atomic mass is 10.0. The minimum Gasteiger partial charge on any atom is -0.396 e. The second kappa shape index (κ2) is 46.6. The number of amides is 4. The molecule has 2 fully saturated rings. The molecule has 0 saturated carbocycles. The maximum atomic E-state index is 13.4. The van der Waals surface area contributed by atoms with Gasteiger partial charge < -0.3 is 66.3 Å². The number of anilines is 3. The molecule has 3 aromatic heterocycles. The Bertz CT molecular complexity index is 2590. The molecule has 8 N–H and O–H groups in total. The van der Waals surface area contributed by atoms with Gasteiger partial charge in [0.15, 0.2) is 5.96 Å². The zero-order valence-corrected chi connectivity index (χ0v) is 56.5. The Morgan fingerprint density at radius 2 is 1.12 bits per heavy atom. The number of ether oxygens (including phenoxy) is 3. The van der Waals surface area contributed by atoms with Gasteiger partial charge in [-0.1, -0.05) is 114 Å². The number of piperazine rings is 2. The fourth-order valence-corrected chi connectivity index (χ4v) is 11.4. The van der Waals surface area contributed by atoms with Crippen LogP contribution >= 0.6 is 11.8 Å². The van der Waals surface area contributed by atoms with Crippen molar-refractivity contribution in [3.8, 4) is 12.3 Å². The summed E-state index contributed by atoms with van der Waals surface area (Å²) in [5, 5.41) is 35.7. The molecule has 0 spiro atoms. The van der Waals surface area contributed by atoms with E-state index in [0.29, 0.717) is 180 Å². The van der Waals surface area contributed by atoms with Crippen LogP contribution < -0.4 is 37.2 Å². The van der Waals surface area contributed by atoms with Gasteiger partial charge in [-0.05, 0) is 69.3 Å². The monoisotopic (exact) mass is 1310 g/mol. The Balaban J connectivity index is 0.961. The summed E-state index contributed by atoms with van der Waals surface area (Å²) in [5.74, 6) is 5.61. The third-order valence-corrected chi connectivity index (χ3v) is 17.3. The fourth-order valence-electron chi connectivity index (χ4n) is 11.0. The van der Waals surface area contributed by atoms with E-state index >= 15 is 0 Å². The number of aliphatic hydroxyl groups is 1. The van der Waals surface area contributed by atoms with Crippen molar-refractivity contribution in [3.05, 3.63) is 23.8 Å². The van der Waals surface area contributed by atoms with Crippen LogP contribution in [0.15, 0.2) is 17.4 Å². The minimum atomic E-state index is -0.474. The van der Waals surface area contributed by atoms with Gasteiger partial charge in [-0.3, -0.25) is 24.2 Å². The average molecular weight is 1310 g/mol. The number of aliphatic hydroxyl groups excluding tert-OH is 1. The van der Waals surface area contributed by atoms with Crippen LogP contribution in [0.25, 0.3) is 0 Å². The number of rotatable bonds is 51. The maximum Gasteiger partial charge on any atom is 0.244 e. The number of hydrogen-bond donors (Lipinski definition) is 6. The summed E-state index contributed by atoms with van der Waals surface area (Å²) < 4.78 is 19.9. The third-order valence-electron chi connectivity index (χ3n) is 16.6. The van der Waals surface area contributed by atoms with Crippen LogP contribution in [0.4, 0.5) is 17.8 Å². The molecule has 0 aromatic carbocycles. The number of nitrogens with zero attached hydrogens (tertiary/aromatic N) is 14. The second-order valence-electron chi connectivity index (χ2n) is 24.0. The summed E-state index contributed by atoms with van der Waals surface area (Å²) in [6.45, 7) is 13.6. The topological polar surface area (TPSA) is 330 Å². The first kappa shape index (κ1) is 76.3. The van der Waals surface area contributed by atoms with Gasteiger partial charge in [0.1, 0.15) is 18.7 Å². The Labute approximate surface area is 551 Å². The van der Waals surface area contributed by atoms with Crippen molar-refractivity contribution in [1.29, 1.82) is 0 Å². The van der Waals surface area contributed by atoms with E-state index < -0.39 is 12.1 Å².